The van der Waals surface area contributed by atoms with E-state index < -0.39 is 10.0 Å². The monoisotopic (exact) mass is 400 g/mol. The molecule has 0 saturated carbocycles. The maximum Gasteiger partial charge on any atom is 0.216 e. The van der Waals surface area contributed by atoms with Crippen molar-refractivity contribution in [1.82, 2.24) is 14.5 Å². The molecule has 1 N–H and O–H groups in total. The lowest BCUT2D eigenvalue weighted by molar-refractivity contribution is 0.0904. The zero-order valence-corrected chi connectivity index (χ0v) is 17.0. The van der Waals surface area contributed by atoms with E-state index in [0.29, 0.717) is 38.7 Å². The molecular formula is C18H29FN4O3S. The van der Waals surface area contributed by atoms with Crippen LogP contribution in [0.5, 0.6) is 0 Å². The first kappa shape index (κ1) is 21.6. The normalized spacial score (nSPS) is 16.8. The first-order chi connectivity index (χ1) is 12.8. The van der Waals surface area contributed by atoms with Crippen molar-refractivity contribution in [2.75, 3.05) is 45.6 Å². The summed E-state index contributed by atoms with van der Waals surface area (Å²) in [7, 11) is -1.63. The largest absolute Gasteiger partial charge is 0.378 e. The zero-order chi connectivity index (χ0) is 19.9. The molecule has 0 spiro atoms. The number of piperazine rings is 1. The Balaban J connectivity index is 1.84. The van der Waals surface area contributed by atoms with Crippen LogP contribution < -0.4 is 5.32 Å². The van der Waals surface area contributed by atoms with Crippen molar-refractivity contribution in [3.63, 3.8) is 0 Å². The molecular weight excluding hydrogens is 371 g/mol. The summed E-state index contributed by atoms with van der Waals surface area (Å²) in [6.45, 7) is 6.34. The van der Waals surface area contributed by atoms with Crippen LogP contribution in [0.25, 0.3) is 0 Å². The average molecular weight is 401 g/mol. The van der Waals surface area contributed by atoms with E-state index in [2.05, 4.69) is 10.3 Å². The lowest BCUT2D eigenvalue weighted by atomic mass is 10.2. The lowest BCUT2D eigenvalue weighted by Gasteiger charge is -2.35. The molecule has 0 aromatic heterocycles. The molecule has 9 heteroatoms. The molecule has 0 amide bonds. The van der Waals surface area contributed by atoms with E-state index in [1.165, 1.54) is 16.4 Å². The average Bonchev–Trinajstić information content (AvgIpc) is 2.62. The van der Waals surface area contributed by atoms with Gasteiger partial charge in [-0.05, 0) is 31.5 Å². The molecule has 1 fully saturated rings. The predicted octanol–water partition coefficient (Wildman–Crippen LogP) is 1.27. The Morgan fingerprint density at radius 1 is 1.30 bits per heavy atom. The second kappa shape index (κ2) is 10.0. The topological polar surface area (TPSA) is 74.2 Å². The first-order valence-electron chi connectivity index (χ1n) is 9.11. The maximum absolute atomic E-state index is 13.3. The van der Waals surface area contributed by atoms with Crippen molar-refractivity contribution in [3.05, 3.63) is 35.6 Å². The van der Waals surface area contributed by atoms with Gasteiger partial charge in [0, 0.05) is 39.8 Å². The second-order valence-electron chi connectivity index (χ2n) is 6.65. The molecule has 152 valence electrons. The van der Waals surface area contributed by atoms with Gasteiger partial charge >= 0.3 is 0 Å². The lowest BCUT2D eigenvalue weighted by Crippen LogP contribution is -2.54. The predicted molar refractivity (Wildman–Crippen MR) is 105 cm³/mol. The van der Waals surface area contributed by atoms with Gasteiger partial charge in [-0.2, -0.15) is 4.31 Å². The quantitative estimate of drug-likeness (QED) is 0.551. The SMILES string of the molecule is CN=C(NCc1cccc(F)c1)N1CCN(S(=O)(=O)CCOC(C)C)CC1. The van der Waals surface area contributed by atoms with E-state index in [1.54, 1.807) is 13.1 Å². The Labute approximate surface area is 161 Å². The van der Waals surface area contributed by atoms with Crippen LogP contribution in [-0.4, -0.2) is 75.3 Å². The van der Waals surface area contributed by atoms with Crippen LogP contribution >= 0.6 is 0 Å². The molecule has 0 atom stereocenters. The highest BCUT2D eigenvalue weighted by molar-refractivity contribution is 7.89. The van der Waals surface area contributed by atoms with Crippen molar-refractivity contribution in [3.8, 4) is 0 Å². The highest BCUT2D eigenvalue weighted by Gasteiger charge is 2.27. The summed E-state index contributed by atoms with van der Waals surface area (Å²) >= 11 is 0. The molecule has 0 aliphatic carbocycles. The number of ether oxygens (including phenoxy) is 1. The minimum absolute atomic E-state index is 0.00226. The Bertz CT molecular complexity index is 732. The van der Waals surface area contributed by atoms with E-state index in [9.17, 15) is 12.8 Å². The van der Waals surface area contributed by atoms with Gasteiger partial charge in [-0.15, -0.1) is 0 Å². The Morgan fingerprint density at radius 3 is 2.59 bits per heavy atom. The van der Waals surface area contributed by atoms with Crippen molar-refractivity contribution in [2.24, 2.45) is 4.99 Å². The number of rotatable bonds is 7. The van der Waals surface area contributed by atoms with Gasteiger partial charge in [-0.1, -0.05) is 12.1 Å². The van der Waals surface area contributed by atoms with Crippen LogP contribution in [0.1, 0.15) is 19.4 Å². The molecule has 1 saturated heterocycles. The second-order valence-corrected chi connectivity index (χ2v) is 8.74. The number of hydrogen-bond donors (Lipinski definition) is 1. The highest BCUT2D eigenvalue weighted by Crippen LogP contribution is 2.10. The van der Waals surface area contributed by atoms with Gasteiger partial charge in [-0.3, -0.25) is 4.99 Å². The number of hydrogen-bond acceptors (Lipinski definition) is 4. The minimum Gasteiger partial charge on any atom is -0.378 e. The number of benzene rings is 1. The fraction of sp³-hybridized carbons (Fsp3) is 0.611. The highest BCUT2D eigenvalue weighted by atomic mass is 32.2. The molecule has 27 heavy (non-hydrogen) atoms. The Kier molecular flexibility index (Phi) is 8.00. The summed E-state index contributed by atoms with van der Waals surface area (Å²) < 4.78 is 44.9. The summed E-state index contributed by atoms with van der Waals surface area (Å²) in [5.41, 5.74) is 0.822. The molecule has 2 rings (SSSR count). The summed E-state index contributed by atoms with van der Waals surface area (Å²) in [4.78, 5) is 6.27. The van der Waals surface area contributed by atoms with E-state index >= 15 is 0 Å². The van der Waals surface area contributed by atoms with Crippen LogP contribution in [0.2, 0.25) is 0 Å². The fourth-order valence-corrected chi connectivity index (χ4v) is 4.14. The van der Waals surface area contributed by atoms with Crippen LogP contribution in [0.15, 0.2) is 29.3 Å². The molecule has 7 nitrogen and oxygen atoms in total. The van der Waals surface area contributed by atoms with E-state index in [-0.39, 0.29) is 24.3 Å². The van der Waals surface area contributed by atoms with Gasteiger partial charge < -0.3 is 15.0 Å². The number of nitrogens with zero attached hydrogens (tertiary/aromatic N) is 3. The molecule has 1 aromatic carbocycles. The van der Waals surface area contributed by atoms with Crippen molar-refractivity contribution < 1.29 is 17.5 Å². The summed E-state index contributed by atoms with van der Waals surface area (Å²) in [5, 5.41) is 3.20. The fourth-order valence-electron chi connectivity index (χ4n) is 2.86. The molecule has 0 radical (unpaired) electrons. The van der Waals surface area contributed by atoms with Crippen LogP contribution in [0, 0.1) is 5.82 Å². The van der Waals surface area contributed by atoms with Gasteiger partial charge in [0.1, 0.15) is 5.82 Å². The number of nitrogens with one attached hydrogen (secondary N) is 1. The third kappa shape index (κ3) is 6.75. The van der Waals surface area contributed by atoms with Gasteiger partial charge in [0.2, 0.25) is 10.0 Å². The number of aliphatic imine (C=N–C) groups is 1. The zero-order valence-electron chi connectivity index (χ0n) is 16.2. The standard InChI is InChI=1S/C18H29FN4O3S/c1-15(2)26-11-12-27(24,25)23-9-7-22(8-10-23)18(20-3)21-14-16-5-4-6-17(19)13-16/h4-6,13,15H,7-12,14H2,1-3H3,(H,20,21). The van der Waals surface area contributed by atoms with Gasteiger partial charge in [0.05, 0.1) is 18.5 Å². The van der Waals surface area contributed by atoms with E-state index in [1.807, 2.05) is 24.8 Å². The smallest absolute Gasteiger partial charge is 0.216 e. The van der Waals surface area contributed by atoms with E-state index in [0.717, 1.165) is 5.56 Å². The Hall–Kier alpha value is -1.71. The number of halogens is 1. The van der Waals surface area contributed by atoms with Crippen LogP contribution in [0.3, 0.4) is 0 Å². The Morgan fingerprint density at radius 2 is 2.00 bits per heavy atom. The molecule has 1 heterocycles. The van der Waals surface area contributed by atoms with Crippen LogP contribution in [-0.2, 0) is 21.3 Å². The summed E-state index contributed by atoms with van der Waals surface area (Å²) in [5.74, 6) is 0.404. The molecule has 1 aliphatic heterocycles. The van der Waals surface area contributed by atoms with Gasteiger partial charge in [0.25, 0.3) is 0 Å². The van der Waals surface area contributed by atoms with Crippen molar-refractivity contribution >= 4 is 16.0 Å². The number of guanidine groups is 1. The third-order valence-electron chi connectivity index (χ3n) is 4.28. The number of sulfonamides is 1. The maximum atomic E-state index is 13.3. The van der Waals surface area contributed by atoms with Gasteiger partial charge in [-0.25, -0.2) is 12.8 Å². The van der Waals surface area contributed by atoms with E-state index in [4.69, 9.17) is 4.74 Å². The van der Waals surface area contributed by atoms with Crippen molar-refractivity contribution in [2.45, 2.75) is 26.5 Å². The molecule has 1 aliphatic rings. The molecule has 1 aromatic rings. The third-order valence-corrected chi connectivity index (χ3v) is 6.11. The first-order valence-corrected chi connectivity index (χ1v) is 10.7. The van der Waals surface area contributed by atoms with Gasteiger partial charge in [0.15, 0.2) is 5.96 Å². The molecule has 0 unspecified atom stereocenters. The summed E-state index contributed by atoms with van der Waals surface area (Å²) in [6.07, 6.45) is 0.0181. The minimum atomic E-state index is -3.32. The molecule has 0 bridgehead atoms. The van der Waals surface area contributed by atoms with Crippen LogP contribution in [0.4, 0.5) is 4.39 Å². The van der Waals surface area contributed by atoms with Crippen molar-refractivity contribution in [1.29, 1.82) is 0 Å². The summed E-state index contributed by atoms with van der Waals surface area (Å²) in [6, 6.07) is 6.39.